The molecule has 2 rings (SSSR count). The van der Waals surface area contributed by atoms with E-state index in [1.807, 2.05) is 24.3 Å². The first-order chi connectivity index (χ1) is 10.4. The van der Waals surface area contributed by atoms with Gasteiger partial charge < -0.3 is 14.0 Å². The van der Waals surface area contributed by atoms with Crippen molar-refractivity contribution in [2.75, 3.05) is 13.2 Å². The number of fused-ring (bicyclic) bond motifs is 1. The maximum absolute atomic E-state index is 12.3. The van der Waals surface area contributed by atoms with Gasteiger partial charge in [0.25, 0.3) is 0 Å². The van der Waals surface area contributed by atoms with Crippen molar-refractivity contribution in [1.82, 2.24) is 4.57 Å². The third-order valence-corrected chi connectivity index (χ3v) is 3.53. The van der Waals surface area contributed by atoms with Crippen LogP contribution in [0, 0.1) is 0 Å². The lowest BCUT2D eigenvalue weighted by molar-refractivity contribution is -0.152. The SMILES string of the molecule is CCOC(=O)c1cc2ccccc2n1C(C)(C)C(=O)OCC. The molecule has 1 heterocycles. The zero-order valence-corrected chi connectivity index (χ0v) is 13.4. The highest BCUT2D eigenvalue weighted by Gasteiger charge is 2.36. The average molecular weight is 303 g/mol. The van der Waals surface area contributed by atoms with E-state index in [1.54, 1.807) is 38.3 Å². The van der Waals surface area contributed by atoms with E-state index < -0.39 is 11.5 Å². The Morgan fingerprint density at radius 3 is 2.36 bits per heavy atom. The summed E-state index contributed by atoms with van der Waals surface area (Å²) in [6.07, 6.45) is 0. The average Bonchev–Trinajstić information content (AvgIpc) is 2.87. The number of nitrogens with zero attached hydrogens (tertiary/aromatic N) is 1. The first kappa shape index (κ1) is 16.1. The largest absolute Gasteiger partial charge is 0.464 e. The Labute approximate surface area is 129 Å². The monoisotopic (exact) mass is 303 g/mol. The van der Waals surface area contributed by atoms with E-state index in [9.17, 15) is 9.59 Å². The summed E-state index contributed by atoms with van der Waals surface area (Å²) < 4.78 is 12.0. The van der Waals surface area contributed by atoms with E-state index in [1.165, 1.54) is 0 Å². The van der Waals surface area contributed by atoms with Gasteiger partial charge in [0.1, 0.15) is 11.2 Å². The molecule has 0 spiro atoms. The Morgan fingerprint density at radius 1 is 1.09 bits per heavy atom. The van der Waals surface area contributed by atoms with Gasteiger partial charge in [-0.15, -0.1) is 0 Å². The second kappa shape index (κ2) is 6.22. The molecule has 0 amide bonds. The third-order valence-electron chi connectivity index (χ3n) is 3.53. The minimum atomic E-state index is -1.01. The number of para-hydroxylation sites is 1. The molecular weight excluding hydrogens is 282 g/mol. The Kier molecular flexibility index (Phi) is 4.54. The summed E-state index contributed by atoms with van der Waals surface area (Å²) in [7, 11) is 0. The molecule has 0 fully saturated rings. The van der Waals surface area contributed by atoms with Gasteiger partial charge in [0.15, 0.2) is 0 Å². The zero-order chi connectivity index (χ0) is 16.3. The summed E-state index contributed by atoms with van der Waals surface area (Å²) in [4.78, 5) is 24.6. The molecule has 2 aromatic rings. The van der Waals surface area contributed by atoms with E-state index in [0.29, 0.717) is 5.69 Å². The van der Waals surface area contributed by atoms with Crippen LogP contribution in [0.1, 0.15) is 38.2 Å². The standard InChI is InChI=1S/C17H21NO4/c1-5-21-15(19)14-11-12-9-7-8-10-13(12)18(14)17(3,4)16(20)22-6-2/h7-11H,5-6H2,1-4H3. The molecule has 0 radical (unpaired) electrons. The summed E-state index contributed by atoms with van der Waals surface area (Å²) in [5, 5.41) is 0.878. The topological polar surface area (TPSA) is 57.5 Å². The van der Waals surface area contributed by atoms with Crippen LogP contribution in [-0.2, 0) is 19.8 Å². The Hall–Kier alpha value is -2.30. The van der Waals surface area contributed by atoms with Gasteiger partial charge in [-0.25, -0.2) is 9.59 Å². The highest BCUT2D eigenvalue weighted by molar-refractivity contribution is 5.97. The smallest absolute Gasteiger partial charge is 0.355 e. The van der Waals surface area contributed by atoms with Gasteiger partial charge in [-0.2, -0.15) is 0 Å². The van der Waals surface area contributed by atoms with Crippen molar-refractivity contribution in [2.45, 2.75) is 33.2 Å². The lowest BCUT2D eigenvalue weighted by Crippen LogP contribution is -2.39. The second-order valence-corrected chi connectivity index (χ2v) is 5.42. The van der Waals surface area contributed by atoms with E-state index in [-0.39, 0.29) is 19.2 Å². The molecule has 0 bridgehead atoms. The summed E-state index contributed by atoms with van der Waals surface area (Å²) in [5.41, 5.74) is 0.131. The molecule has 22 heavy (non-hydrogen) atoms. The van der Waals surface area contributed by atoms with Crippen LogP contribution < -0.4 is 0 Å². The van der Waals surface area contributed by atoms with E-state index in [2.05, 4.69) is 0 Å². The Bertz CT molecular complexity index is 700. The van der Waals surface area contributed by atoms with Crippen molar-refractivity contribution >= 4 is 22.8 Å². The minimum absolute atomic E-state index is 0.278. The summed E-state index contributed by atoms with van der Waals surface area (Å²) in [6, 6.07) is 9.27. The fourth-order valence-corrected chi connectivity index (χ4v) is 2.51. The molecule has 1 aromatic heterocycles. The predicted octanol–water partition coefficient (Wildman–Crippen LogP) is 3.12. The highest BCUT2D eigenvalue weighted by atomic mass is 16.5. The number of aromatic nitrogens is 1. The van der Waals surface area contributed by atoms with Crippen molar-refractivity contribution < 1.29 is 19.1 Å². The molecule has 5 heteroatoms. The fourth-order valence-electron chi connectivity index (χ4n) is 2.51. The van der Waals surface area contributed by atoms with Crippen molar-refractivity contribution in [2.24, 2.45) is 0 Å². The van der Waals surface area contributed by atoms with Gasteiger partial charge in [0, 0.05) is 10.9 Å². The van der Waals surface area contributed by atoms with E-state index in [4.69, 9.17) is 9.47 Å². The van der Waals surface area contributed by atoms with Gasteiger partial charge in [-0.05, 0) is 39.8 Å². The first-order valence-corrected chi connectivity index (χ1v) is 7.38. The lowest BCUT2D eigenvalue weighted by Gasteiger charge is -2.27. The molecule has 0 aliphatic carbocycles. The number of esters is 2. The van der Waals surface area contributed by atoms with E-state index >= 15 is 0 Å². The fraction of sp³-hybridized carbons (Fsp3) is 0.412. The minimum Gasteiger partial charge on any atom is -0.464 e. The zero-order valence-electron chi connectivity index (χ0n) is 13.4. The third kappa shape index (κ3) is 2.71. The van der Waals surface area contributed by atoms with Crippen LogP contribution in [0.2, 0.25) is 0 Å². The molecule has 5 nitrogen and oxygen atoms in total. The van der Waals surface area contributed by atoms with Gasteiger partial charge in [0.05, 0.1) is 13.2 Å². The normalized spacial score (nSPS) is 11.5. The summed E-state index contributed by atoms with van der Waals surface area (Å²) in [5.74, 6) is -0.835. The Morgan fingerprint density at radius 2 is 1.73 bits per heavy atom. The van der Waals surface area contributed by atoms with Crippen molar-refractivity contribution in [1.29, 1.82) is 0 Å². The molecule has 1 aromatic carbocycles. The van der Waals surface area contributed by atoms with Crippen molar-refractivity contribution in [3.05, 3.63) is 36.0 Å². The summed E-state index contributed by atoms with van der Waals surface area (Å²) in [6.45, 7) is 7.55. The lowest BCUT2D eigenvalue weighted by atomic mass is 10.0. The van der Waals surface area contributed by atoms with Gasteiger partial charge in [-0.1, -0.05) is 18.2 Å². The number of hydrogen-bond donors (Lipinski definition) is 0. The van der Waals surface area contributed by atoms with Gasteiger partial charge in [-0.3, -0.25) is 0 Å². The first-order valence-electron chi connectivity index (χ1n) is 7.38. The van der Waals surface area contributed by atoms with Crippen LogP contribution in [-0.4, -0.2) is 29.7 Å². The molecule has 0 unspecified atom stereocenters. The van der Waals surface area contributed by atoms with Crippen molar-refractivity contribution in [3.8, 4) is 0 Å². The molecule has 118 valence electrons. The number of carbonyl (C=O) groups is 2. The molecule has 0 aliphatic heterocycles. The molecule has 0 aliphatic rings. The highest BCUT2D eigenvalue weighted by Crippen LogP contribution is 2.29. The number of ether oxygens (including phenoxy) is 2. The molecular formula is C17H21NO4. The van der Waals surface area contributed by atoms with Crippen LogP contribution >= 0.6 is 0 Å². The maximum atomic E-state index is 12.3. The number of benzene rings is 1. The number of rotatable bonds is 5. The molecule has 0 saturated carbocycles. The molecule has 0 saturated heterocycles. The summed E-state index contributed by atoms with van der Waals surface area (Å²) >= 11 is 0. The molecule has 0 atom stereocenters. The number of carbonyl (C=O) groups excluding carboxylic acids is 2. The van der Waals surface area contributed by atoms with Gasteiger partial charge >= 0.3 is 11.9 Å². The predicted molar refractivity (Wildman–Crippen MR) is 83.8 cm³/mol. The van der Waals surface area contributed by atoms with Gasteiger partial charge in [0.2, 0.25) is 0 Å². The van der Waals surface area contributed by atoms with Crippen LogP contribution in [0.15, 0.2) is 30.3 Å². The maximum Gasteiger partial charge on any atom is 0.355 e. The van der Waals surface area contributed by atoms with Crippen LogP contribution in [0.5, 0.6) is 0 Å². The number of hydrogen-bond acceptors (Lipinski definition) is 4. The Balaban J connectivity index is 2.66. The second-order valence-electron chi connectivity index (χ2n) is 5.42. The van der Waals surface area contributed by atoms with Crippen LogP contribution in [0.3, 0.4) is 0 Å². The molecule has 0 N–H and O–H groups in total. The quantitative estimate of drug-likeness (QED) is 0.796. The van der Waals surface area contributed by atoms with E-state index in [0.717, 1.165) is 10.9 Å². The van der Waals surface area contributed by atoms with Crippen LogP contribution in [0.4, 0.5) is 0 Å². The van der Waals surface area contributed by atoms with Crippen molar-refractivity contribution in [3.63, 3.8) is 0 Å². The van der Waals surface area contributed by atoms with Crippen LogP contribution in [0.25, 0.3) is 10.9 Å².